The molecule has 0 bridgehead atoms. The second kappa shape index (κ2) is 4.71. The van der Waals surface area contributed by atoms with E-state index in [-0.39, 0.29) is 5.97 Å². The summed E-state index contributed by atoms with van der Waals surface area (Å²) in [5.74, 6) is 3.30. The van der Waals surface area contributed by atoms with Gasteiger partial charge in [0.15, 0.2) is 5.60 Å². The molecule has 16 heavy (non-hydrogen) atoms. The Labute approximate surface area is 95.4 Å². The summed E-state index contributed by atoms with van der Waals surface area (Å²) < 4.78 is 10.4. The number of benzene rings is 1. The smallest absolute Gasteiger partial charge is 0.308 e. The van der Waals surface area contributed by atoms with Crippen molar-refractivity contribution in [2.75, 3.05) is 0 Å². The first-order valence-electron chi connectivity index (χ1n) is 4.88. The van der Waals surface area contributed by atoms with Gasteiger partial charge in [0.1, 0.15) is 11.5 Å². The molecule has 0 saturated carbocycles. The van der Waals surface area contributed by atoms with E-state index in [1.165, 1.54) is 6.92 Å². The summed E-state index contributed by atoms with van der Waals surface area (Å²) in [6.45, 7) is 4.95. The van der Waals surface area contributed by atoms with Crippen molar-refractivity contribution in [1.29, 1.82) is 0 Å². The molecule has 0 N–H and O–H groups in total. The van der Waals surface area contributed by atoms with Crippen molar-refractivity contribution in [2.45, 2.75) is 26.4 Å². The van der Waals surface area contributed by atoms with Gasteiger partial charge in [-0.2, -0.15) is 0 Å². The van der Waals surface area contributed by atoms with E-state index in [1.54, 1.807) is 38.1 Å². The zero-order valence-electron chi connectivity index (χ0n) is 9.61. The number of rotatable bonds is 3. The van der Waals surface area contributed by atoms with Crippen LogP contribution in [0.2, 0.25) is 0 Å². The first-order valence-corrected chi connectivity index (χ1v) is 4.88. The highest BCUT2D eigenvalue weighted by atomic mass is 16.5. The van der Waals surface area contributed by atoms with Gasteiger partial charge in [-0.15, -0.1) is 6.42 Å². The number of hydrogen-bond acceptors (Lipinski definition) is 3. The van der Waals surface area contributed by atoms with Crippen LogP contribution in [-0.2, 0) is 4.79 Å². The van der Waals surface area contributed by atoms with Crippen LogP contribution in [0.1, 0.15) is 20.8 Å². The molecule has 1 aromatic rings. The molecule has 0 aliphatic carbocycles. The molecule has 0 amide bonds. The zero-order chi connectivity index (χ0) is 12.2. The van der Waals surface area contributed by atoms with Gasteiger partial charge in [0.2, 0.25) is 0 Å². The minimum Gasteiger partial charge on any atom is -0.475 e. The van der Waals surface area contributed by atoms with Crippen LogP contribution in [-0.4, -0.2) is 11.6 Å². The molecule has 0 spiro atoms. The molecule has 84 valence electrons. The van der Waals surface area contributed by atoms with Crippen molar-refractivity contribution >= 4 is 5.97 Å². The summed E-state index contributed by atoms with van der Waals surface area (Å²) in [5, 5.41) is 0. The monoisotopic (exact) mass is 218 g/mol. The summed E-state index contributed by atoms with van der Waals surface area (Å²) in [4.78, 5) is 10.7. The fourth-order valence-corrected chi connectivity index (χ4v) is 1.07. The molecule has 0 aromatic heterocycles. The zero-order valence-corrected chi connectivity index (χ0v) is 9.61. The molecule has 0 aliphatic heterocycles. The highest BCUT2D eigenvalue weighted by Crippen LogP contribution is 2.21. The van der Waals surface area contributed by atoms with Crippen molar-refractivity contribution < 1.29 is 14.3 Å². The van der Waals surface area contributed by atoms with Crippen LogP contribution in [0, 0.1) is 12.3 Å². The van der Waals surface area contributed by atoms with Gasteiger partial charge in [0, 0.05) is 6.92 Å². The fraction of sp³-hybridized carbons (Fsp3) is 0.308. The summed E-state index contributed by atoms with van der Waals surface area (Å²) in [6.07, 6.45) is 5.31. The van der Waals surface area contributed by atoms with Crippen LogP contribution < -0.4 is 9.47 Å². The molecular formula is C13H14O3. The molecule has 0 radical (unpaired) electrons. The average molecular weight is 218 g/mol. The molecule has 0 atom stereocenters. The first kappa shape index (κ1) is 12.1. The molecule has 0 unspecified atom stereocenters. The van der Waals surface area contributed by atoms with Gasteiger partial charge in [-0.25, -0.2) is 0 Å². The molecular weight excluding hydrogens is 204 g/mol. The average Bonchev–Trinajstić information content (AvgIpc) is 2.20. The number of esters is 1. The van der Waals surface area contributed by atoms with E-state index in [0.29, 0.717) is 11.5 Å². The molecule has 3 heteroatoms. The Morgan fingerprint density at radius 2 is 1.75 bits per heavy atom. The van der Waals surface area contributed by atoms with E-state index in [9.17, 15) is 4.79 Å². The minimum absolute atomic E-state index is 0.349. The number of terminal acetylenes is 1. The van der Waals surface area contributed by atoms with Gasteiger partial charge in [-0.05, 0) is 38.1 Å². The molecule has 0 aliphatic rings. The van der Waals surface area contributed by atoms with Gasteiger partial charge >= 0.3 is 5.97 Å². The second-order valence-corrected chi connectivity index (χ2v) is 3.82. The Morgan fingerprint density at radius 1 is 1.25 bits per heavy atom. The lowest BCUT2D eigenvalue weighted by Crippen LogP contribution is -2.25. The fourth-order valence-electron chi connectivity index (χ4n) is 1.07. The highest BCUT2D eigenvalue weighted by molar-refractivity contribution is 5.69. The van der Waals surface area contributed by atoms with Crippen LogP contribution >= 0.6 is 0 Å². The molecule has 1 rings (SSSR count). The van der Waals surface area contributed by atoms with Gasteiger partial charge in [-0.3, -0.25) is 4.79 Å². The lowest BCUT2D eigenvalue weighted by atomic mass is 10.1. The maximum absolute atomic E-state index is 10.7. The van der Waals surface area contributed by atoms with Crippen LogP contribution in [0.3, 0.4) is 0 Å². The van der Waals surface area contributed by atoms with Crippen LogP contribution in [0.15, 0.2) is 24.3 Å². The largest absolute Gasteiger partial charge is 0.475 e. The van der Waals surface area contributed by atoms with Gasteiger partial charge in [0.05, 0.1) is 0 Å². The van der Waals surface area contributed by atoms with Crippen molar-refractivity contribution in [3.05, 3.63) is 24.3 Å². The maximum atomic E-state index is 10.7. The topological polar surface area (TPSA) is 35.5 Å². The van der Waals surface area contributed by atoms with Crippen molar-refractivity contribution in [1.82, 2.24) is 0 Å². The summed E-state index contributed by atoms with van der Waals surface area (Å²) in [7, 11) is 0. The van der Waals surface area contributed by atoms with Crippen molar-refractivity contribution in [2.24, 2.45) is 0 Å². The van der Waals surface area contributed by atoms with Gasteiger partial charge in [0.25, 0.3) is 0 Å². The minimum atomic E-state index is -0.650. The number of carbonyl (C=O) groups excluding carboxylic acids is 1. The van der Waals surface area contributed by atoms with Crippen molar-refractivity contribution in [3.63, 3.8) is 0 Å². The predicted octanol–water partition coefficient (Wildman–Crippen LogP) is 2.40. The summed E-state index contributed by atoms with van der Waals surface area (Å²) in [5.41, 5.74) is -0.650. The Balaban J connectivity index is 2.73. The van der Waals surface area contributed by atoms with E-state index in [2.05, 4.69) is 5.92 Å². The molecule has 1 aromatic carbocycles. The normalized spacial score (nSPS) is 10.4. The molecule has 0 fully saturated rings. The standard InChI is InChI=1S/C13H14O3/c1-5-13(3,4)16-12-8-6-11(7-9-12)15-10(2)14/h1,6-9H,2-4H3. The van der Waals surface area contributed by atoms with Crippen LogP contribution in [0.4, 0.5) is 0 Å². The van der Waals surface area contributed by atoms with E-state index in [1.807, 2.05) is 0 Å². The Bertz CT molecular complexity index is 410. The van der Waals surface area contributed by atoms with Crippen LogP contribution in [0.25, 0.3) is 0 Å². The Morgan fingerprint density at radius 3 is 2.19 bits per heavy atom. The second-order valence-electron chi connectivity index (χ2n) is 3.82. The predicted molar refractivity (Wildman–Crippen MR) is 61.3 cm³/mol. The number of hydrogen-bond donors (Lipinski definition) is 0. The van der Waals surface area contributed by atoms with E-state index < -0.39 is 5.60 Å². The third-order valence-electron chi connectivity index (χ3n) is 1.81. The lowest BCUT2D eigenvalue weighted by molar-refractivity contribution is -0.131. The summed E-state index contributed by atoms with van der Waals surface area (Å²) >= 11 is 0. The molecule has 3 nitrogen and oxygen atoms in total. The van der Waals surface area contributed by atoms with E-state index in [4.69, 9.17) is 15.9 Å². The third-order valence-corrected chi connectivity index (χ3v) is 1.81. The SMILES string of the molecule is C#CC(C)(C)Oc1ccc(OC(C)=O)cc1. The summed E-state index contributed by atoms with van der Waals surface area (Å²) in [6, 6.07) is 6.72. The van der Waals surface area contributed by atoms with Crippen molar-refractivity contribution in [3.8, 4) is 23.8 Å². The van der Waals surface area contributed by atoms with E-state index >= 15 is 0 Å². The molecule has 0 heterocycles. The maximum Gasteiger partial charge on any atom is 0.308 e. The number of carbonyl (C=O) groups is 1. The number of ether oxygens (including phenoxy) is 2. The lowest BCUT2D eigenvalue weighted by Gasteiger charge is -2.20. The quantitative estimate of drug-likeness (QED) is 0.444. The first-order chi connectivity index (χ1) is 7.43. The Kier molecular flexibility index (Phi) is 3.57. The molecule has 0 saturated heterocycles. The van der Waals surface area contributed by atoms with Crippen LogP contribution in [0.5, 0.6) is 11.5 Å². The van der Waals surface area contributed by atoms with E-state index in [0.717, 1.165) is 0 Å². The third kappa shape index (κ3) is 3.66. The Hall–Kier alpha value is -1.95. The van der Waals surface area contributed by atoms with Gasteiger partial charge < -0.3 is 9.47 Å². The highest BCUT2D eigenvalue weighted by Gasteiger charge is 2.15. The van der Waals surface area contributed by atoms with Gasteiger partial charge in [-0.1, -0.05) is 5.92 Å².